The maximum absolute atomic E-state index is 11.1. The molecule has 1 atom stereocenters. The second-order valence-corrected chi connectivity index (χ2v) is 3.16. The molecule has 0 aliphatic heterocycles. The van der Waals surface area contributed by atoms with Gasteiger partial charge in [-0.05, 0) is 18.6 Å². The van der Waals surface area contributed by atoms with Crippen LogP contribution in [0.1, 0.15) is 13.9 Å². The fraction of sp³-hybridized carbons (Fsp3) is 0.167. The van der Waals surface area contributed by atoms with Crippen molar-refractivity contribution in [1.82, 2.24) is 0 Å². The number of aliphatic hydroxyl groups excluding tert-OH is 1. The molecule has 0 bridgehead atoms. The minimum atomic E-state index is -1.30. The standard InChI is InChI=1S/C12H12O4.K.H/c1-9(13)12(15)16-11(14)8-7-10-5-3-2-4-6-10;;/h2-9,13H,1H3;;/q;+1;-1/b8-7+;;. The number of ether oxygens (including phenoxy) is 1. The predicted molar refractivity (Wildman–Crippen MR) is 59.4 cm³/mol. The van der Waals surface area contributed by atoms with E-state index in [1.54, 1.807) is 12.1 Å². The summed E-state index contributed by atoms with van der Waals surface area (Å²) in [6.07, 6.45) is 1.36. The van der Waals surface area contributed by atoms with Crippen LogP contribution in [0.15, 0.2) is 36.4 Å². The van der Waals surface area contributed by atoms with Crippen LogP contribution in [-0.2, 0) is 14.3 Å². The molecule has 0 amide bonds. The number of esters is 2. The molecule has 86 valence electrons. The first kappa shape index (κ1) is 16.7. The van der Waals surface area contributed by atoms with E-state index in [1.165, 1.54) is 13.0 Å². The Kier molecular flexibility index (Phi) is 8.58. The van der Waals surface area contributed by atoms with Crippen LogP contribution in [0.5, 0.6) is 0 Å². The minimum absolute atomic E-state index is 0. The van der Waals surface area contributed by atoms with Crippen molar-refractivity contribution in [3.8, 4) is 0 Å². The van der Waals surface area contributed by atoms with Crippen LogP contribution in [0, 0.1) is 0 Å². The SMILES string of the molecule is CC(O)C(=O)OC(=O)/C=C/c1ccccc1.[H-].[K+]. The van der Waals surface area contributed by atoms with E-state index in [1.807, 2.05) is 18.2 Å². The molecule has 5 heteroatoms. The molecule has 0 aliphatic carbocycles. The molecular weight excluding hydrogens is 247 g/mol. The Morgan fingerprint density at radius 1 is 1.35 bits per heavy atom. The van der Waals surface area contributed by atoms with Gasteiger partial charge in [0.05, 0.1) is 0 Å². The Morgan fingerprint density at radius 2 is 1.94 bits per heavy atom. The van der Waals surface area contributed by atoms with Gasteiger partial charge in [0.2, 0.25) is 0 Å². The van der Waals surface area contributed by atoms with Gasteiger partial charge in [0.15, 0.2) is 0 Å². The first-order valence-corrected chi connectivity index (χ1v) is 4.76. The number of aliphatic hydroxyl groups is 1. The Morgan fingerprint density at radius 3 is 2.47 bits per heavy atom. The van der Waals surface area contributed by atoms with Gasteiger partial charge in [-0.2, -0.15) is 0 Å². The molecule has 0 heterocycles. The summed E-state index contributed by atoms with van der Waals surface area (Å²) in [6, 6.07) is 9.12. The van der Waals surface area contributed by atoms with E-state index in [9.17, 15) is 9.59 Å². The van der Waals surface area contributed by atoms with Crippen molar-refractivity contribution >= 4 is 18.0 Å². The maximum Gasteiger partial charge on any atom is 1.00 e. The monoisotopic (exact) mass is 260 g/mol. The van der Waals surface area contributed by atoms with E-state index >= 15 is 0 Å². The van der Waals surface area contributed by atoms with Crippen LogP contribution in [0.2, 0.25) is 0 Å². The fourth-order valence-corrected chi connectivity index (χ4v) is 0.947. The van der Waals surface area contributed by atoms with Crippen LogP contribution < -0.4 is 51.4 Å². The molecule has 0 saturated carbocycles. The summed E-state index contributed by atoms with van der Waals surface area (Å²) >= 11 is 0. The molecule has 0 saturated heterocycles. The largest absolute Gasteiger partial charge is 1.00 e. The smallest absolute Gasteiger partial charge is 1.00 e. The molecule has 0 fully saturated rings. The molecule has 17 heavy (non-hydrogen) atoms. The molecule has 0 aliphatic rings. The van der Waals surface area contributed by atoms with Crippen molar-refractivity contribution in [3.05, 3.63) is 42.0 Å². The molecule has 1 aromatic carbocycles. The van der Waals surface area contributed by atoms with Gasteiger partial charge in [-0.25, -0.2) is 9.59 Å². The topological polar surface area (TPSA) is 63.6 Å². The third-order valence-corrected chi connectivity index (χ3v) is 1.75. The van der Waals surface area contributed by atoms with E-state index in [0.717, 1.165) is 11.6 Å². The quantitative estimate of drug-likeness (QED) is 0.303. The summed E-state index contributed by atoms with van der Waals surface area (Å²) in [5, 5.41) is 8.80. The predicted octanol–water partition coefficient (Wildman–Crippen LogP) is -1.73. The zero-order valence-corrected chi connectivity index (χ0v) is 12.9. The second-order valence-electron chi connectivity index (χ2n) is 3.16. The van der Waals surface area contributed by atoms with Crippen molar-refractivity contribution < 1.29 is 72.2 Å². The summed E-state index contributed by atoms with van der Waals surface area (Å²) < 4.78 is 4.32. The molecule has 4 nitrogen and oxygen atoms in total. The average molecular weight is 260 g/mol. The van der Waals surface area contributed by atoms with E-state index < -0.39 is 18.0 Å². The van der Waals surface area contributed by atoms with Crippen LogP contribution in [0.3, 0.4) is 0 Å². The molecule has 1 rings (SSSR count). The van der Waals surface area contributed by atoms with Crippen LogP contribution >= 0.6 is 0 Å². The molecule has 1 aromatic rings. The van der Waals surface area contributed by atoms with Gasteiger partial charge in [0, 0.05) is 6.08 Å². The summed E-state index contributed by atoms with van der Waals surface area (Å²) in [6.45, 7) is 1.23. The van der Waals surface area contributed by atoms with Gasteiger partial charge < -0.3 is 11.3 Å². The number of benzene rings is 1. The summed E-state index contributed by atoms with van der Waals surface area (Å²) in [5.74, 6) is -1.75. The number of hydrogen-bond donors (Lipinski definition) is 1. The summed E-state index contributed by atoms with van der Waals surface area (Å²) in [4.78, 5) is 21.9. The minimum Gasteiger partial charge on any atom is -1.00 e. The van der Waals surface area contributed by atoms with Crippen LogP contribution in [0.4, 0.5) is 0 Å². The summed E-state index contributed by atoms with van der Waals surface area (Å²) in [5.41, 5.74) is 0.823. The van der Waals surface area contributed by atoms with Crippen molar-refractivity contribution in [2.24, 2.45) is 0 Å². The first-order chi connectivity index (χ1) is 7.59. The van der Waals surface area contributed by atoms with E-state index in [2.05, 4.69) is 4.74 Å². The van der Waals surface area contributed by atoms with Gasteiger partial charge in [-0.15, -0.1) is 0 Å². The van der Waals surface area contributed by atoms with Gasteiger partial charge in [0.25, 0.3) is 0 Å². The van der Waals surface area contributed by atoms with Gasteiger partial charge >= 0.3 is 63.3 Å². The van der Waals surface area contributed by atoms with Crippen LogP contribution in [-0.4, -0.2) is 23.1 Å². The maximum atomic E-state index is 11.1. The zero-order chi connectivity index (χ0) is 12.0. The second kappa shape index (κ2) is 8.74. The van der Waals surface area contributed by atoms with Crippen LogP contribution in [0.25, 0.3) is 6.08 Å². The number of rotatable bonds is 3. The average Bonchev–Trinajstić information content (AvgIpc) is 2.27. The van der Waals surface area contributed by atoms with Gasteiger partial charge in [-0.3, -0.25) is 0 Å². The molecule has 1 unspecified atom stereocenters. The van der Waals surface area contributed by atoms with Crippen molar-refractivity contribution in [3.63, 3.8) is 0 Å². The van der Waals surface area contributed by atoms with E-state index in [0.29, 0.717) is 0 Å². The van der Waals surface area contributed by atoms with E-state index in [4.69, 9.17) is 5.11 Å². The van der Waals surface area contributed by atoms with Gasteiger partial charge in [0.1, 0.15) is 6.10 Å². The number of hydrogen-bond acceptors (Lipinski definition) is 4. The number of carbonyl (C=O) groups is 2. The van der Waals surface area contributed by atoms with Crippen molar-refractivity contribution in [1.29, 1.82) is 0 Å². The molecule has 0 radical (unpaired) electrons. The molecular formula is C12H13KO4. The third-order valence-electron chi connectivity index (χ3n) is 1.75. The van der Waals surface area contributed by atoms with Crippen molar-refractivity contribution in [2.75, 3.05) is 0 Å². The van der Waals surface area contributed by atoms with E-state index in [-0.39, 0.29) is 52.8 Å². The number of carbonyl (C=O) groups excluding carboxylic acids is 2. The van der Waals surface area contributed by atoms with Crippen molar-refractivity contribution in [2.45, 2.75) is 13.0 Å². The Bertz CT molecular complexity index is 404. The fourth-order valence-electron chi connectivity index (χ4n) is 0.947. The Balaban J connectivity index is 0. The van der Waals surface area contributed by atoms with Gasteiger partial charge in [-0.1, -0.05) is 30.3 Å². The third kappa shape index (κ3) is 6.87. The normalized spacial score (nSPS) is 11.6. The first-order valence-electron chi connectivity index (χ1n) is 4.76. The molecule has 0 aromatic heterocycles. The molecule has 0 spiro atoms. The molecule has 1 N–H and O–H groups in total. The Hall–Kier alpha value is -0.304. The summed E-state index contributed by atoms with van der Waals surface area (Å²) in [7, 11) is 0. The Labute approximate surface area is 144 Å². The zero-order valence-electron chi connectivity index (χ0n) is 10.8.